The third-order valence-corrected chi connectivity index (χ3v) is 5.56. The molecule has 1 fully saturated rings. The fraction of sp³-hybridized carbons (Fsp3) is 0.273. The van der Waals surface area contributed by atoms with Crippen LogP contribution in [0.15, 0.2) is 61.1 Å². The minimum atomic E-state index is -0.270. The Morgan fingerprint density at radius 2 is 2.07 bits per heavy atom. The van der Waals surface area contributed by atoms with E-state index >= 15 is 0 Å². The first kappa shape index (κ1) is 20.0. The van der Waals surface area contributed by atoms with Crippen molar-refractivity contribution in [3.63, 3.8) is 0 Å². The summed E-state index contributed by atoms with van der Waals surface area (Å²) in [6.45, 7) is 2.46. The molecule has 4 heterocycles. The largest absolute Gasteiger partial charge is 0.469 e. The number of esters is 1. The van der Waals surface area contributed by atoms with Crippen LogP contribution in [0, 0.1) is 6.92 Å². The highest BCUT2D eigenvalue weighted by Crippen LogP contribution is 2.39. The lowest BCUT2D eigenvalue weighted by Crippen LogP contribution is -2.32. The van der Waals surface area contributed by atoms with Crippen LogP contribution in [0.25, 0.3) is 5.82 Å². The summed E-state index contributed by atoms with van der Waals surface area (Å²) in [5, 5.41) is 3.98. The number of thiocarbonyl (C=S) groups is 1. The van der Waals surface area contributed by atoms with Crippen molar-refractivity contribution in [2.24, 2.45) is 0 Å². The number of methoxy groups -OCH3 is 1. The maximum absolute atomic E-state index is 11.8. The molecule has 4 rings (SSSR count). The van der Waals surface area contributed by atoms with E-state index in [9.17, 15) is 4.79 Å². The van der Waals surface area contributed by atoms with Crippen molar-refractivity contribution in [3.8, 4) is 5.82 Å². The first-order valence-corrected chi connectivity index (χ1v) is 10.1. The molecule has 3 aromatic heterocycles. The average molecular weight is 422 g/mol. The lowest BCUT2D eigenvalue weighted by molar-refractivity contribution is -0.140. The van der Waals surface area contributed by atoms with Gasteiger partial charge in [0.15, 0.2) is 5.11 Å². The van der Waals surface area contributed by atoms with E-state index in [0.717, 1.165) is 22.8 Å². The second-order valence-electron chi connectivity index (χ2n) is 7.14. The molecule has 0 radical (unpaired) electrons. The number of hydrogen-bond acceptors (Lipinski definition) is 5. The van der Waals surface area contributed by atoms with Crippen LogP contribution in [0.3, 0.4) is 0 Å². The normalized spacial score (nSPS) is 18.3. The van der Waals surface area contributed by atoms with Crippen LogP contribution in [0.2, 0.25) is 0 Å². The zero-order valence-corrected chi connectivity index (χ0v) is 17.7. The van der Waals surface area contributed by atoms with Gasteiger partial charge in [-0.05, 0) is 55.0 Å². The summed E-state index contributed by atoms with van der Waals surface area (Å²) < 4.78 is 6.89. The van der Waals surface area contributed by atoms with Gasteiger partial charge in [-0.25, -0.2) is 4.98 Å². The van der Waals surface area contributed by atoms with Gasteiger partial charge in [-0.2, -0.15) is 0 Å². The van der Waals surface area contributed by atoms with E-state index in [1.165, 1.54) is 7.11 Å². The molecule has 0 saturated carbocycles. The highest BCUT2D eigenvalue weighted by atomic mass is 32.1. The molecule has 1 aliphatic heterocycles. The van der Waals surface area contributed by atoms with E-state index in [-0.39, 0.29) is 24.5 Å². The average Bonchev–Trinajstić information content (AvgIpc) is 3.37. The Kier molecular flexibility index (Phi) is 5.76. The zero-order valence-electron chi connectivity index (χ0n) is 16.9. The van der Waals surface area contributed by atoms with Gasteiger partial charge in [0.1, 0.15) is 5.82 Å². The van der Waals surface area contributed by atoms with Crippen molar-refractivity contribution in [1.82, 2.24) is 24.8 Å². The molecule has 7 nitrogen and oxygen atoms in total. The second-order valence-corrected chi connectivity index (χ2v) is 7.53. The van der Waals surface area contributed by atoms with Crippen LogP contribution in [-0.2, 0) is 9.53 Å². The van der Waals surface area contributed by atoms with Crippen molar-refractivity contribution >= 4 is 23.3 Å². The van der Waals surface area contributed by atoms with Crippen LogP contribution in [0.5, 0.6) is 0 Å². The topological polar surface area (TPSA) is 72.3 Å². The Bertz CT molecular complexity index is 1040. The fourth-order valence-electron chi connectivity index (χ4n) is 3.73. The maximum Gasteiger partial charge on any atom is 0.307 e. The number of aromatic nitrogens is 3. The predicted octanol–water partition coefficient (Wildman–Crippen LogP) is 3.11. The summed E-state index contributed by atoms with van der Waals surface area (Å²) in [6, 6.07) is 13.6. The molecule has 2 atom stereocenters. The molecular weight excluding hydrogens is 398 g/mol. The molecule has 154 valence electrons. The number of carbonyl (C=O) groups is 1. The molecule has 30 heavy (non-hydrogen) atoms. The van der Waals surface area contributed by atoms with Gasteiger partial charge in [0.25, 0.3) is 0 Å². The Morgan fingerprint density at radius 3 is 2.77 bits per heavy atom. The number of carbonyl (C=O) groups excluding carboxylic acids is 1. The fourth-order valence-corrected chi connectivity index (χ4v) is 4.06. The zero-order chi connectivity index (χ0) is 21.1. The molecule has 0 aliphatic carbocycles. The number of hydrogen-bond donors (Lipinski definition) is 1. The number of aryl methyl sites for hydroxylation is 1. The molecule has 8 heteroatoms. The van der Waals surface area contributed by atoms with Gasteiger partial charge >= 0.3 is 5.97 Å². The molecular formula is C22H23N5O2S. The predicted molar refractivity (Wildman–Crippen MR) is 117 cm³/mol. The van der Waals surface area contributed by atoms with Gasteiger partial charge in [0.05, 0.1) is 31.3 Å². The standard InChI is InChI=1S/C22H23N5O2S/c1-15-8-9-18(24-14-15)26-12-5-7-17(26)21-20(16-6-3-4-11-23-16)25-22(30)27(21)13-10-19(28)29-2/h3-9,11-12,14,20-21H,10,13H2,1-2H3,(H,25,30)/t20-,21+/m0/s1. The number of ether oxygens (including phenoxy) is 1. The summed E-state index contributed by atoms with van der Waals surface area (Å²) in [6.07, 6.45) is 5.85. The molecule has 0 aromatic carbocycles. The van der Waals surface area contributed by atoms with Crippen LogP contribution < -0.4 is 5.32 Å². The quantitative estimate of drug-likeness (QED) is 0.484. The molecule has 1 saturated heterocycles. The van der Waals surface area contributed by atoms with Gasteiger partial charge in [-0.1, -0.05) is 12.1 Å². The van der Waals surface area contributed by atoms with Gasteiger partial charge in [0, 0.05) is 30.8 Å². The van der Waals surface area contributed by atoms with Crippen molar-refractivity contribution in [2.75, 3.05) is 13.7 Å². The lowest BCUT2D eigenvalue weighted by Gasteiger charge is -2.28. The number of rotatable bonds is 6. The van der Waals surface area contributed by atoms with Crippen molar-refractivity contribution < 1.29 is 9.53 Å². The molecule has 0 spiro atoms. The summed E-state index contributed by atoms with van der Waals surface area (Å²) in [7, 11) is 1.39. The second kappa shape index (κ2) is 8.62. The molecule has 3 aromatic rings. The van der Waals surface area contributed by atoms with E-state index in [4.69, 9.17) is 17.0 Å². The maximum atomic E-state index is 11.8. The molecule has 0 bridgehead atoms. The van der Waals surface area contributed by atoms with Crippen molar-refractivity contribution in [2.45, 2.75) is 25.4 Å². The van der Waals surface area contributed by atoms with E-state index < -0.39 is 0 Å². The molecule has 0 unspecified atom stereocenters. The molecule has 1 N–H and O–H groups in total. The van der Waals surface area contributed by atoms with Gasteiger partial charge in [-0.15, -0.1) is 0 Å². The monoisotopic (exact) mass is 421 g/mol. The number of nitrogens with one attached hydrogen (secondary N) is 1. The van der Waals surface area contributed by atoms with Crippen LogP contribution >= 0.6 is 12.2 Å². The summed E-state index contributed by atoms with van der Waals surface area (Å²) in [4.78, 5) is 23.0. The van der Waals surface area contributed by atoms with Crippen LogP contribution in [-0.4, -0.2) is 44.2 Å². The molecule has 1 aliphatic rings. The smallest absolute Gasteiger partial charge is 0.307 e. The van der Waals surface area contributed by atoms with Crippen molar-refractivity contribution in [1.29, 1.82) is 0 Å². The third kappa shape index (κ3) is 3.91. The van der Waals surface area contributed by atoms with E-state index in [1.807, 2.05) is 60.6 Å². The van der Waals surface area contributed by atoms with Gasteiger partial charge in [0.2, 0.25) is 0 Å². The van der Waals surface area contributed by atoms with E-state index in [0.29, 0.717) is 11.7 Å². The van der Waals surface area contributed by atoms with Gasteiger partial charge < -0.3 is 19.5 Å². The SMILES string of the molecule is COC(=O)CCN1C(=S)N[C@@H](c2ccccn2)[C@H]1c1cccn1-c1ccc(C)cn1. The Labute approximate surface area is 180 Å². The highest BCUT2D eigenvalue weighted by molar-refractivity contribution is 7.80. The van der Waals surface area contributed by atoms with Crippen LogP contribution in [0.1, 0.15) is 35.5 Å². The lowest BCUT2D eigenvalue weighted by atomic mass is 10.0. The first-order chi connectivity index (χ1) is 14.6. The van der Waals surface area contributed by atoms with Gasteiger partial charge in [-0.3, -0.25) is 9.78 Å². The summed E-state index contributed by atoms with van der Waals surface area (Å²) >= 11 is 5.64. The first-order valence-electron chi connectivity index (χ1n) is 9.73. The van der Waals surface area contributed by atoms with E-state index in [1.54, 1.807) is 6.20 Å². The Hall–Kier alpha value is -3.26. The van der Waals surface area contributed by atoms with Crippen LogP contribution in [0.4, 0.5) is 0 Å². The minimum Gasteiger partial charge on any atom is -0.469 e. The number of pyridine rings is 2. The number of nitrogens with zero attached hydrogens (tertiary/aromatic N) is 4. The molecule has 0 amide bonds. The third-order valence-electron chi connectivity index (χ3n) is 5.21. The minimum absolute atomic E-state index is 0.157. The van der Waals surface area contributed by atoms with Crippen molar-refractivity contribution in [3.05, 3.63) is 78.0 Å². The Balaban J connectivity index is 1.75. The Morgan fingerprint density at radius 1 is 1.20 bits per heavy atom. The van der Waals surface area contributed by atoms with E-state index in [2.05, 4.69) is 25.9 Å². The summed E-state index contributed by atoms with van der Waals surface area (Å²) in [5.74, 6) is 0.555. The highest BCUT2D eigenvalue weighted by Gasteiger charge is 2.41. The summed E-state index contributed by atoms with van der Waals surface area (Å²) in [5.41, 5.74) is 3.00.